The third kappa shape index (κ3) is 8.12. The highest BCUT2D eigenvalue weighted by atomic mass is 19.4. The summed E-state index contributed by atoms with van der Waals surface area (Å²) in [6.07, 6.45) is 1.09. The number of carbonyl (C=O) groups is 2. The Labute approximate surface area is 278 Å². The number of rotatable bonds is 9. The Kier molecular flexibility index (Phi) is 10.2. The van der Waals surface area contributed by atoms with Crippen molar-refractivity contribution in [3.8, 4) is 0 Å². The second kappa shape index (κ2) is 14.9. The first-order chi connectivity index (χ1) is 23.2. The maximum absolute atomic E-state index is 14.5. The molecule has 2 aliphatic rings. The Morgan fingerprint density at radius 1 is 0.854 bits per heavy atom. The van der Waals surface area contributed by atoms with Crippen molar-refractivity contribution in [1.82, 2.24) is 14.8 Å². The lowest BCUT2D eigenvalue weighted by Gasteiger charge is -2.37. The van der Waals surface area contributed by atoms with Crippen molar-refractivity contribution in [3.63, 3.8) is 0 Å². The molecule has 1 saturated heterocycles. The van der Waals surface area contributed by atoms with Gasteiger partial charge in [-0.3, -0.25) is 9.59 Å². The molecule has 1 fully saturated rings. The summed E-state index contributed by atoms with van der Waals surface area (Å²) in [6, 6.07) is 25.2. The van der Waals surface area contributed by atoms with Crippen LogP contribution in [0.4, 0.5) is 19.0 Å². The van der Waals surface area contributed by atoms with Gasteiger partial charge in [0.2, 0.25) is 11.8 Å². The average Bonchev–Trinajstić information content (AvgIpc) is 3.12. The van der Waals surface area contributed by atoms with Crippen LogP contribution in [0.3, 0.4) is 0 Å². The van der Waals surface area contributed by atoms with Crippen LogP contribution in [0.25, 0.3) is 6.08 Å². The number of benzene rings is 3. The number of halogens is 3. The number of fused-ring (bicyclic) bond motifs is 1. The zero-order chi connectivity index (χ0) is 33.5. The quantitative estimate of drug-likeness (QED) is 0.202. The van der Waals surface area contributed by atoms with Gasteiger partial charge in [0.1, 0.15) is 11.9 Å². The Hall–Kier alpha value is -4.96. The van der Waals surface area contributed by atoms with E-state index in [0.29, 0.717) is 38.3 Å². The number of pyridine rings is 1. The van der Waals surface area contributed by atoms with Crippen LogP contribution in [0.2, 0.25) is 0 Å². The predicted molar refractivity (Wildman–Crippen MR) is 178 cm³/mol. The van der Waals surface area contributed by atoms with Gasteiger partial charge in [-0.2, -0.15) is 13.2 Å². The SMILES string of the molecule is O=C([C@H](Cc1ccccc1)N(Cc1ccc(N2CCOCC2)nc1)C(=O)/C=C/c1ccc(C(F)(F)F)cc1)N1CCc2ccccc2C1. The lowest BCUT2D eigenvalue weighted by atomic mass is 9.97. The molecule has 6 rings (SSSR count). The monoisotopic (exact) mass is 654 g/mol. The van der Waals surface area contributed by atoms with E-state index in [9.17, 15) is 22.8 Å². The van der Waals surface area contributed by atoms with Gasteiger partial charge < -0.3 is 19.4 Å². The fourth-order valence-electron chi connectivity index (χ4n) is 6.14. The van der Waals surface area contributed by atoms with E-state index in [4.69, 9.17) is 4.74 Å². The van der Waals surface area contributed by atoms with Crippen LogP contribution in [0.5, 0.6) is 0 Å². The van der Waals surface area contributed by atoms with Crippen LogP contribution in [0.15, 0.2) is 103 Å². The summed E-state index contributed by atoms with van der Waals surface area (Å²) in [5, 5.41) is 0. The molecule has 0 aliphatic carbocycles. The minimum Gasteiger partial charge on any atom is -0.378 e. The number of anilines is 1. The largest absolute Gasteiger partial charge is 0.416 e. The normalized spacial score (nSPS) is 15.6. The van der Waals surface area contributed by atoms with Gasteiger partial charge in [-0.25, -0.2) is 4.98 Å². The molecule has 0 saturated carbocycles. The third-order valence-electron chi connectivity index (χ3n) is 8.81. The highest BCUT2D eigenvalue weighted by molar-refractivity contribution is 5.95. The van der Waals surface area contributed by atoms with E-state index in [1.807, 2.05) is 65.6 Å². The molecular formula is C38H37F3N4O3. The minimum atomic E-state index is -4.46. The number of alkyl halides is 3. The molecule has 10 heteroatoms. The van der Waals surface area contributed by atoms with Crippen molar-refractivity contribution in [1.29, 1.82) is 0 Å². The molecule has 7 nitrogen and oxygen atoms in total. The number of hydrogen-bond acceptors (Lipinski definition) is 5. The highest BCUT2D eigenvalue weighted by Gasteiger charge is 2.34. The standard InChI is InChI=1S/C38H37F3N4O3/c39-38(40,41)33-14-10-28(11-15-33)13-17-36(46)45(26-30-12-16-35(42-25-30)43-20-22-48-23-21-43)34(24-29-6-2-1-3-7-29)37(47)44-19-18-31-8-4-5-9-32(31)27-44/h1-17,25,34H,18-24,26-27H2/b17-13+/t34-/m0/s1. The Morgan fingerprint density at radius 2 is 1.56 bits per heavy atom. The minimum absolute atomic E-state index is 0.111. The van der Waals surface area contributed by atoms with Gasteiger partial charge in [-0.15, -0.1) is 0 Å². The fourth-order valence-corrected chi connectivity index (χ4v) is 6.14. The van der Waals surface area contributed by atoms with Gasteiger partial charge in [0.05, 0.1) is 18.8 Å². The second-order valence-corrected chi connectivity index (χ2v) is 12.0. The molecule has 0 N–H and O–H groups in total. The second-order valence-electron chi connectivity index (χ2n) is 12.0. The van der Waals surface area contributed by atoms with Gasteiger partial charge in [0, 0.05) is 51.4 Å². The van der Waals surface area contributed by atoms with Gasteiger partial charge >= 0.3 is 6.18 Å². The van der Waals surface area contributed by atoms with Crippen molar-refractivity contribution < 1.29 is 27.5 Å². The summed E-state index contributed by atoms with van der Waals surface area (Å²) in [5.74, 6) is 0.215. The molecule has 48 heavy (non-hydrogen) atoms. The zero-order valence-electron chi connectivity index (χ0n) is 26.5. The van der Waals surface area contributed by atoms with Gasteiger partial charge in [-0.1, -0.05) is 72.8 Å². The highest BCUT2D eigenvalue weighted by Crippen LogP contribution is 2.29. The van der Waals surface area contributed by atoms with E-state index >= 15 is 0 Å². The fraction of sp³-hybridized carbons (Fsp3) is 0.289. The van der Waals surface area contributed by atoms with E-state index in [-0.39, 0.29) is 18.9 Å². The molecule has 0 bridgehead atoms. The van der Waals surface area contributed by atoms with Crippen LogP contribution in [0, 0.1) is 0 Å². The van der Waals surface area contributed by atoms with E-state index in [2.05, 4.69) is 16.0 Å². The molecule has 1 atom stereocenters. The van der Waals surface area contributed by atoms with Crippen molar-refractivity contribution in [3.05, 3.63) is 137 Å². The predicted octanol–water partition coefficient (Wildman–Crippen LogP) is 6.18. The number of aromatic nitrogens is 1. The lowest BCUT2D eigenvalue weighted by molar-refractivity contribution is -0.144. The summed E-state index contributed by atoms with van der Waals surface area (Å²) < 4.78 is 44.8. The molecule has 2 aliphatic heterocycles. The van der Waals surface area contributed by atoms with Gasteiger partial charge in [0.15, 0.2) is 0 Å². The maximum Gasteiger partial charge on any atom is 0.416 e. The first kappa shape index (κ1) is 33.0. The number of morpholine rings is 1. The third-order valence-corrected chi connectivity index (χ3v) is 8.81. The molecule has 3 aromatic carbocycles. The molecule has 0 radical (unpaired) electrons. The zero-order valence-corrected chi connectivity index (χ0v) is 26.5. The van der Waals surface area contributed by atoms with Crippen molar-refractivity contribution in [2.75, 3.05) is 37.7 Å². The number of ether oxygens (including phenoxy) is 1. The van der Waals surface area contributed by atoms with Crippen molar-refractivity contribution in [2.45, 2.75) is 38.1 Å². The van der Waals surface area contributed by atoms with E-state index in [1.54, 1.807) is 11.1 Å². The molecule has 248 valence electrons. The van der Waals surface area contributed by atoms with Crippen LogP contribution in [0.1, 0.15) is 33.4 Å². The topological polar surface area (TPSA) is 66.0 Å². The Morgan fingerprint density at radius 3 is 2.25 bits per heavy atom. The first-order valence-corrected chi connectivity index (χ1v) is 16.1. The van der Waals surface area contributed by atoms with Crippen molar-refractivity contribution in [2.24, 2.45) is 0 Å². The van der Waals surface area contributed by atoms with Gasteiger partial charge in [-0.05, 0) is 58.5 Å². The average molecular weight is 655 g/mol. The number of carbonyl (C=O) groups excluding carboxylic acids is 2. The Bertz CT molecular complexity index is 1720. The van der Waals surface area contributed by atoms with E-state index in [0.717, 1.165) is 47.7 Å². The smallest absolute Gasteiger partial charge is 0.378 e. The molecular weight excluding hydrogens is 617 g/mol. The van der Waals surface area contributed by atoms with Crippen LogP contribution < -0.4 is 4.90 Å². The number of amides is 2. The maximum atomic E-state index is 14.5. The molecule has 1 aromatic heterocycles. The number of nitrogens with zero attached hydrogens (tertiary/aromatic N) is 4. The molecule has 2 amide bonds. The molecule has 0 unspecified atom stereocenters. The first-order valence-electron chi connectivity index (χ1n) is 16.1. The van der Waals surface area contributed by atoms with Crippen molar-refractivity contribution >= 4 is 23.7 Å². The Balaban J connectivity index is 1.32. The summed E-state index contributed by atoms with van der Waals surface area (Å²) in [5.41, 5.74) is 3.61. The molecule has 0 spiro atoms. The molecule has 4 aromatic rings. The molecule has 3 heterocycles. The summed E-state index contributed by atoms with van der Waals surface area (Å²) in [4.78, 5) is 38.8. The van der Waals surface area contributed by atoms with Crippen LogP contribution in [-0.2, 0) is 46.4 Å². The van der Waals surface area contributed by atoms with Crippen LogP contribution in [-0.4, -0.2) is 65.5 Å². The van der Waals surface area contributed by atoms with Crippen LogP contribution >= 0.6 is 0 Å². The summed E-state index contributed by atoms with van der Waals surface area (Å²) >= 11 is 0. The number of hydrogen-bond donors (Lipinski definition) is 0. The summed E-state index contributed by atoms with van der Waals surface area (Å²) in [6.45, 7) is 3.80. The lowest BCUT2D eigenvalue weighted by Crippen LogP contribution is -2.52. The van der Waals surface area contributed by atoms with E-state index in [1.165, 1.54) is 29.8 Å². The van der Waals surface area contributed by atoms with Gasteiger partial charge in [0.25, 0.3) is 0 Å². The summed E-state index contributed by atoms with van der Waals surface area (Å²) in [7, 11) is 0. The van der Waals surface area contributed by atoms with E-state index < -0.39 is 23.7 Å².